The first kappa shape index (κ1) is 40.3. The quantitative estimate of drug-likeness (QED) is 0.153. The molecule has 3 aromatic heterocycles. The molecule has 0 radical (unpaired) electrons. The second kappa shape index (κ2) is 17.4. The number of esters is 1. The minimum atomic E-state index is -0.441. The molecule has 9 rings (SSSR count). The summed E-state index contributed by atoms with van der Waals surface area (Å²) in [6.45, 7) is 10.8. The van der Waals surface area contributed by atoms with E-state index >= 15 is 0 Å². The third-order valence-corrected chi connectivity index (χ3v) is 13.5. The van der Waals surface area contributed by atoms with Gasteiger partial charge in [-0.15, -0.1) is 10.2 Å². The van der Waals surface area contributed by atoms with Crippen LogP contribution in [0, 0.1) is 11.8 Å². The zero-order chi connectivity index (χ0) is 41.3. The van der Waals surface area contributed by atoms with E-state index in [0.717, 1.165) is 114 Å². The number of hydrogen-bond acceptors (Lipinski definition) is 15. The lowest BCUT2D eigenvalue weighted by Crippen LogP contribution is -2.54. The topological polar surface area (TPSA) is 169 Å². The van der Waals surface area contributed by atoms with Gasteiger partial charge in [-0.05, 0) is 74.6 Å². The van der Waals surface area contributed by atoms with Crippen molar-refractivity contribution in [3.63, 3.8) is 0 Å². The minimum absolute atomic E-state index is 0.0640. The first-order chi connectivity index (χ1) is 29.2. The van der Waals surface area contributed by atoms with Gasteiger partial charge in [-0.1, -0.05) is 31.1 Å². The first-order valence-corrected chi connectivity index (χ1v) is 21.9. The number of nitrogens with zero attached hydrogens (tertiary/aromatic N) is 8. The van der Waals surface area contributed by atoms with E-state index in [1.165, 1.54) is 7.11 Å². The Labute approximate surface area is 352 Å². The Bertz CT molecular complexity index is 2080. The summed E-state index contributed by atoms with van der Waals surface area (Å²) in [6, 6.07) is 15.9. The van der Waals surface area contributed by atoms with Crippen LogP contribution in [-0.2, 0) is 14.3 Å². The average Bonchev–Trinajstić information content (AvgIpc) is 3.83. The number of carbonyl (C=O) groups is 1. The van der Waals surface area contributed by atoms with Gasteiger partial charge in [-0.2, -0.15) is 0 Å². The zero-order valence-corrected chi connectivity index (χ0v) is 35.1. The normalized spacial score (nSPS) is 24.4. The number of piperazine rings is 1. The summed E-state index contributed by atoms with van der Waals surface area (Å²) in [5.41, 5.74) is 9.63. The molecule has 4 aromatic rings. The van der Waals surface area contributed by atoms with Crippen molar-refractivity contribution < 1.29 is 28.6 Å². The number of likely N-dealkylation sites (tertiary alicyclic amines) is 1. The van der Waals surface area contributed by atoms with Crippen molar-refractivity contribution in [2.75, 3.05) is 73.4 Å². The molecule has 4 saturated heterocycles. The second-order valence-electron chi connectivity index (χ2n) is 17.8. The number of ether oxygens (including phenoxy) is 3. The number of fused-ring (bicyclic) bond motifs is 2. The summed E-state index contributed by atoms with van der Waals surface area (Å²) in [6.07, 6.45) is 10.9. The van der Waals surface area contributed by atoms with Gasteiger partial charge in [0.1, 0.15) is 17.8 Å². The summed E-state index contributed by atoms with van der Waals surface area (Å²) in [5, 5.41) is 23.3. The molecule has 7 heterocycles. The van der Waals surface area contributed by atoms with E-state index in [1.54, 1.807) is 12.1 Å². The van der Waals surface area contributed by atoms with Crippen LogP contribution in [0.5, 0.6) is 11.6 Å². The molecule has 60 heavy (non-hydrogen) atoms. The molecule has 3 unspecified atom stereocenters. The molecule has 5 fully saturated rings. The lowest BCUT2D eigenvalue weighted by atomic mass is 9.91. The Morgan fingerprint density at radius 3 is 2.37 bits per heavy atom. The van der Waals surface area contributed by atoms with Crippen LogP contribution in [0.1, 0.15) is 76.9 Å². The second-order valence-corrected chi connectivity index (χ2v) is 17.8. The number of rotatable bonds is 13. The summed E-state index contributed by atoms with van der Waals surface area (Å²) >= 11 is 0. The first-order valence-electron chi connectivity index (χ1n) is 21.9. The van der Waals surface area contributed by atoms with Gasteiger partial charge in [0, 0.05) is 100 Å². The molecule has 0 spiro atoms. The summed E-state index contributed by atoms with van der Waals surface area (Å²) < 4.78 is 23.6. The maximum Gasteiger partial charge on any atom is 0.316 e. The largest absolute Gasteiger partial charge is 0.507 e. The number of piperidine rings is 2. The van der Waals surface area contributed by atoms with Crippen molar-refractivity contribution in [3.05, 3.63) is 60.5 Å². The Morgan fingerprint density at radius 1 is 0.900 bits per heavy atom. The van der Waals surface area contributed by atoms with E-state index in [4.69, 9.17) is 24.5 Å². The van der Waals surface area contributed by atoms with Gasteiger partial charge in [0.25, 0.3) is 0 Å². The van der Waals surface area contributed by atoms with E-state index in [1.807, 2.05) is 44.3 Å². The molecule has 1 aromatic carbocycles. The fourth-order valence-corrected chi connectivity index (χ4v) is 10.1. The third kappa shape index (κ3) is 8.56. The number of phenols is 1. The van der Waals surface area contributed by atoms with Crippen LogP contribution in [0.2, 0.25) is 0 Å². The van der Waals surface area contributed by atoms with Crippen LogP contribution in [0.15, 0.2) is 59.3 Å². The van der Waals surface area contributed by atoms with Crippen molar-refractivity contribution in [2.24, 2.45) is 11.8 Å². The number of anilines is 4. The number of nitrogens with two attached hydrogens (primary N) is 1. The van der Waals surface area contributed by atoms with Crippen LogP contribution >= 0.6 is 0 Å². The van der Waals surface area contributed by atoms with Crippen molar-refractivity contribution in [2.45, 2.75) is 102 Å². The number of para-hydroxylation sites is 1. The molecule has 15 heteroatoms. The summed E-state index contributed by atoms with van der Waals surface area (Å²) in [4.78, 5) is 26.7. The molecule has 2 bridgehead atoms. The van der Waals surface area contributed by atoms with E-state index in [2.05, 4.69) is 52.1 Å². The van der Waals surface area contributed by atoms with Gasteiger partial charge in [0.15, 0.2) is 17.4 Å². The maximum atomic E-state index is 12.3. The van der Waals surface area contributed by atoms with E-state index < -0.39 is 5.92 Å². The van der Waals surface area contributed by atoms with E-state index in [-0.39, 0.29) is 29.8 Å². The Morgan fingerprint density at radius 2 is 1.65 bits per heavy atom. The van der Waals surface area contributed by atoms with Gasteiger partial charge in [-0.25, -0.2) is 4.98 Å². The molecular weight excluding hydrogens is 763 g/mol. The molecule has 1 saturated carbocycles. The molecule has 0 amide bonds. The molecule has 15 nitrogen and oxygen atoms in total. The minimum Gasteiger partial charge on any atom is -0.507 e. The van der Waals surface area contributed by atoms with Gasteiger partial charge >= 0.3 is 5.97 Å². The lowest BCUT2D eigenvalue weighted by molar-refractivity contribution is -0.144. The van der Waals surface area contributed by atoms with Crippen LogP contribution in [0.3, 0.4) is 0 Å². The number of aromatic nitrogens is 4. The van der Waals surface area contributed by atoms with Gasteiger partial charge in [-0.3, -0.25) is 4.79 Å². The SMILES string of the molecule is COC(=O)C(c1cc(N2CCC(CN3CCC(OC4CC(Oc5cc(N6C7CCC6CN(c6cc(-c8ccccc8O)nnc6N)C7)ccn5)C4)CC3)CC2)no1)C(C)C. The lowest BCUT2D eigenvalue weighted by Gasteiger charge is -2.43. The number of pyridine rings is 1. The zero-order valence-electron chi connectivity index (χ0n) is 35.1. The van der Waals surface area contributed by atoms with Crippen LogP contribution in [0.4, 0.5) is 23.0 Å². The fourth-order valence-electron chi connectivity index (χ4n) is 10.1. The van der Waals surface area contributed by atoms with E-state index in [9.17, 15) is 9.90 Å². The van der Waals surface area contributed by atoms with Crippen molar-refractivity contribution in [1.82, 2.24) is 25.2 Å². The number of carbonyl (C=O) groups excluding carboxylic acids is 1. The summed E-state index contributed by atoms with van der Waals surface area (Å²) in [7, 11) is 1.42. The van der Waals surface area contributed by atoms with Crippen molar-refractivity contribution >= 4 is 29.0 Å². The fraction of sp³-hybridized carbons (Fsp3) is 0.578. The predicted octanol–water partition coefficient (Wildman–Crippen LogP) is 5.89. The number of nitrogen functional groups attached to an aromatic ring is 1. The number of aromatic hydroxyl groups is 1. The Balaban J connectivity index is 0.698. The molecule has 5 aliphatic rings. The molecule has 4 aliphatic heterocycles. The summed E-state index contributed by atoms with van der Waals surface area (Å²) in [5.74, 6) is 2.64. The predicted molar refractivity (Wildman–Crippen MR) is 228 cm³/mol. The van der Waals surface area contributed by atoms with Crippen LogP contribution in [0.25, 0.3) is 11.3 Å². The third-order valence-electron chi connectivity index (χ3n) is 13.5. The number of benzene rings is 1. The highest BCUT2D eigenvalue weighted by atomic mass is 16.5. The number of hydrogen-bond donors (Lipinski definition) is 2. The Kier molecular flexibility index (Phi) is 11.7. The molecule has 3 atom stereocenters. The van der Waals surface area contributed by atoms with Gasteiger partial charge in [0.2, 0.25) is 5.88 Å². The Hall–Kier alpha value is -5.15. The van der Waals surface area contributed by atoms with Crippen LogP contribution in [-0.4, -0.2) is 120 Å². The highest BCUT2D eigenvalue weighted by Gasteiger charge is 2.42. The monoisotopic (exact) mass is 821 g/mol. The highest BCUT2D eigenvalue weighted by Crippen LogP contribution is 2.40. The van der Waals surface area contributed by atoms with Gasteiger partial charge < -0.3 is 49.2 Å². The molecule has 320 valence electrons. The molecular formula is C45H59N9O6. The number of methoxy groups -OCH3 is 1. The van der Waals surface area contributed by atoms with Crippen molar-refractivity contribution in [3.8, 4) is 22.9 Å². The molecule has 3 N–H and O–H groups in total. The van der Waals surface area contributed by atoms with Crippen molar-refractivity contribution in [1.29, 1.82) is 0 Å². The average molecular weight is 822 g/mol. The highest BCUT2D eigenvalue weighted by molar-refractivity contribution is 5.78. The number of phenolic OH excluding ortho intramolecular Hbond substituents is 1. The van der Waals surface area contributed by atoms with Crippen LogP contribution < -0.4 is 25.2 Å². The smallest absolute Gasteiger partial charge is 0.316 e. The molecule has 1 aliphatic carbocycles. The maximum absolute atomic E-state index is 12.3. The van der Waals surface area contributed by atoms with Gasteiger partial charge in [0.05, 0.1) is 30.7 Å². The standard InChI is InChI=1S/C45H59N9O6/c1-28(2)43(45(56)57-3)40-24-41(50-60-40)52-18-11-29(12-19-52)25-51-16-13-33(14-17-51)58-34-21-35(22-34)59-42-20-30(10-15-47-42)54-31-8-9-32(54)27-53(26-31)38-23-37(48-49-44(38)46)36-6-4-5-7-39(36)55/h4-7,10,15,20,23-24,28-29,31-35,43,55H,8-9,11-14,16-19,21-22,25-27H2,1-3H3,(H2,46,49). The van der Waals surface area contributed by atoms with E-state index in [0.29, 0.717) is 52.8 Å².